The molecule has 3 rings (SSSR count). The average Bonchev–Trinajstić information content (AvgIpc) is 2.86. The van der Waals surface area contributed by atoms with Gasteiger partial charge in [0, 0.05) is 32.2 Å². The Labute approximate surface area is 122 Å². The monoisotopic (exact) mass is 280 g/mol. The summed E-state index contributed by atoms with van der Waals surface area (Å²) >= 11 is 0. The molecule has 0 aromatic carbocycles. The second-order valence-electron chi connectivity index (χ2n) is 7.35. The smallest absolute Gasteiger partial charge is 0.310 e. The van der Waals surface area contributed by atoms with Crippen LogP contribution in [0.25, 0.3) is 0 Å². The number of carbonyl (C=O) groups is 1. The van der Waals surface area contributed by atoms with E-state index in [-0.39, 0.29) is 0 Å². The fourth-order valence-corrected chi connectivity index (χ4v) is 4.69. The second-order valence-corrected chi connectivity index (χ2v) is 7.35. The van der Waals surface area contributed by atoms with Gasteiger partial charge in [-0.05, 0) is 38.1 Å². The first-order valence-electron chi connectivity index (χ1n) is 8.29. The highest BCUT2D eigenvalue weighted by atomic mass is 16.4. The number of fused-ring (bicyclic) bond motifs is 1. The molecule has 3 fully saturated rings. The van der Waals surface area contributed by atoms with Crippen LogP contribution in [-0.4, -0.2) is 59.6 Å². The van der Waals surface area contributed by atoms with Gasteiger partial charge in [-0.25, -0.2) is 0 Å². The molecule has 1 aliphatic carbocycles. The molecule has 1 N–H and O–H groups in total. The molecule has 0 aromatic heterocycles. The Morgan fingerprint density at radius 3 is 2.85 bits per heavy atom. The number of hydrogen-bond acceptors (Lipinski definition) is 3. The first-order valence-corrected chi connectivity index (χ1v) is 8.29. The number of rotatable bonds is 3. The molecular formula is C16H28N2O2. The van der Waals surface area contributed by atoms with Crippen LogP contribution in [0, 0.1) is 11.3 Å². The Balaban J connectivity index is 1.66. The molecule has 0 amide bonds. The lowest BCUT2D eigenvalue weighted by Crippen LogP contribution is -2.54. The predicted octanol–water partition coefficient (Wildman–Crippen LogP) is 2.05. The minimum absolute atomic E-state index is 0.474. The highest BCUT2D eigenvalue weighted by Gasteiger charge is 2.44. The zero-order valence-electron chi connectivity index (χ0n) is 12.7. The molecule has 20 heavy (non-hydrogen) atoms. The lowest BCUT2D eigenvalue weighted by atomic mass is 9.69. The zero-order chi connectivity index (χ0) is 14.2. The van der Waals surface area contributed by atoms with Gasteiger partial charge in [0.15, 0.2) is 0 Å². The molecule has 4 nitrogen and oxygen atoms in total. The normalized spacial score (nSPS) is 39.6. The zero-order valence-corrected chi connectivity index (χ0v) is 12.7. The van der Waals surface area contributed by atoms with Crippen molar-refractivity contribution < 1.29 is 9.90 Å². The molecule has 1 saturated carbocycles. The number of carboxylic acid groups (broad SMARTS) is 1. The number of hydrogen-bond donors (Lipinski definition) is 1. The largest absolute Gasteiger partial charge is 0.481 e. The number of piperazine rings is 1. The van der Waals surface area contributed by atoms with Crippen LogP contribution >= 0.6 is 0 Å². The molecule has 114 valence electrons. The summed E-state index contributed by atoms with van der Waals surface area (Å²) in [6, 6.07) is 0.690. The van der Waals surface area contributed by atoms with Crippen LogP contribution in [0.3, 0.4) is 0 Å². The van der Waals surface area contributed by atoms with Gasteiger partial charge in [0.05, 0.1) is 5.41 Å². The number of aliphatic carboxylic acids is 1. The van der Waals surface area contributed by atoms with Gasteiger partial charge in [0.25, 0.3) is 0 Å². The molecule has 0 radical (unpaired) electrons. The molecule has 0 bridgehead atoms. The molecule has 2 saturated heterocycles. The van der Waals surface area contributed by atoms with Crippen molar-refractivity contribution in [3.63, 3.8) is 0 Å². The van der Waals surface area contributed by atoms with Crippen molar-refractivity contribution in [2.45, 2.75) is 51.5 Å². The Morgan fingerprint density at radius 2 is 2.10 bits per heavy atom. The molecule has 2 aliphatic heterocycles. The van der Waals surface area contributed by atoms with Crippen molar-refractivity contribution in [1.82, 2.24) is 9.80 Å². The third-order valence-electron chi connectivity index (χ3n) is 5.74. The van der Waals surface area contributed by atoms with Crippen LogP contribution < -0.4 is 0 Å². The maximum absolute atomic E-state index is 11.9. The maximum atomic E-state index is 11.9. The third-order valence-corrected chi connectivity index (χ3v) is 5.74. The predicted molar refractivity (Wildman–Crippen MR) is 78.7 cm³/mol. The van der Waals surface area contributed by atoms with Crippen molar-refractivity contribution in [1.29, 1.82) is 0 Å². The molecule has 3 atom stereocenters. The summed E-state index contributed by atoms with van der Waals surface area (Å²) in [6.07, 6.45) is 6.64. The first kappa shape index (κ1) is 14.3. The van der Waals surface area contributed by atoms with Crippen molar-refractivity contribution in [2.24, 2.45) is 11.3 Å². The minimum atomic E-state index is -0.557. The van der Waals surface area contributed by atoms with Crippen molar-refractivity contribution in [2.75, 3.05) is 32.7 Å². The van der Waals surface area contributed by atoms with E-state index in [4.69, 9.17) is 0 Å². The van der Waals surface area contributed by atoms with E-state index in [0.717, 1.165) is 45.4 Å². The summed E-state index contributed by atoms with van der Waals surface area (Å²) in [5, 5.41) is 9.79. The van der Waals surface area contributed by atoms with Crippen molar-refractivity contribution >= 4 is 5.97 Å². The Kier molecular flexibility index (Phi) is 4.04. The van der Waals surface area contributed by atoms with Gasteiger partial charge in [-0.15, -0.1) is 0 Å². The summed E-state index contributed by atoms with van der Waals surface area (Å²) in [5.74, 6) is 0.00511. The maximum Gasteiger partial charge on any atom is 0.310 e. The molecule has 3 aliphatic rings. The van der Waals surface area contributed by atoms with Gasteiger partial charge in [-0.1, -0.05) is 19.8 Å². The fraction of sp³-hybridized carbons (Fsp3) is 0.938. The van der Waals surface area contributed by atoms with E-state index in [0.29, 0.717) is 12.0 Å². The lowest BCUT2D eigenvalue weighted by Gasteiger charge is -2.44. The van der Waals surface area contributed by atoms with Gasteiger partial charge in [-0.3, -0.25) is 14.6 Å². The fourth-order valence-electron chi connectivity index (χ4n) is 4.69. The van der Waals surface area contributed by atoms with E-state index in [1.54, 1.807) is 0 Å². The van der Waals surface area contributed by atoms with E-state index < -0.39 is 11.4 Å². The van der Waals surface area contributed by atoms with E-state index in [1.165, 1.54) is 25.8 Å². The summed E-state index contributed by atoms with van der Waals surface area (Å²) in [4.78, 5) is 16.9. The molecule has 2 heterocycles. The van der Waals surface area contributed by atoms with Gasteiger partial charge < -0.3 is 5.11 Å². The van der Waals surface area contributed by atoms with Crippen LogP contribution in [0.15, 0.2) is 0 Å². The Hall–Kier alpha value is -0.610. The average molecular weight is 280 g/mol. The SMILES string of the molecule is CC1CCCC(CN2CCN3CCCC3C2)(C(=O)O)C1. The number of carboxylic acids is 1. The van der Waals surface area contributed by atoms with Gasteiger partial charge in [0.1, 0.15) is 0 Å². The van der Waals surface area contributed by atoms with Crippen LogP contribution in [0.1, 0.15) is 45.4 Å². The van der Waals surface area contributed by atoms with E-state index >= 15 is 0 Å². The Morgan fingerprint density at radius 1 is 1.25 bits per heavy atom. The second kappa shape index (κ2) is 5.64. The van der Waals surface area contributed by atoms with Crippen LogP contribution in [0.4, 0.5) is 0 Å². The quantitative estimate of drug-likeness (QED) is 0.859. The van der Waals surface area contributed by atoms with E-state index in [9.17, 15) is 9.90 Å². The van der Waals surface area contributed by atoms with Gasteiger partial charge in [-0.2, -0.15) is 0 Å². The summed E-state index contributed by atoms with van der Waals surface area (Å²) in [7, 11) is 0. The van der Waals surface area contributed by atoms with Crippen LogP contribution in [0.5, 0.6) is 0 Å². The topological polar surface area (TPSA) is 43.8 Å². The van der Waals surface area contributed by atoms with Crippen molar-refractivity contribution in [3.8, 4) is 0 Å². The van der Waals surface area contributed by atoms with Gasteiger partial charge >= 0.3 is 5.97 Å². The minimum Gasteiger partial charge on any atom is -0.481 e. The first-order chi connectivity index (χ1) is 9.59. The van der Waals surface area contributed by atoms with E-state index in [2.05, 4.69) is 16.7 Å². The highest BCUT2D eigenvalue weighted by Crippen LogP contribution is 2.40. The third kappa shape index (κ3) is 2.73. The summed E-state index contributed by atoms with van der Waals surface area (Å²) in [6.45, 7) is 7.52. The summed E-state index contributed by atoms with van der Waals surface area (Å²) in [5.41, 5.74) is -0.474. The molecular weight excluding hydrogens is 252 g/mol. The van der Waals surface area contributed by atoms with Crippen LogP contribution in [-0.2, 0) is 4.79 Å². The molecule has 4 heteroatoms. The highest BCUT2D eigenvalue weighted by molar-refractivity contribution is 5.75. The van der Waals surface area contributed by atoms with Gasteiger partial charge in [0.2, 0.25) is 0 Å². The standard InChI is InChI=1S/C16H28N2O2/c1-13-4-2-6-16(10-13,15(19)20)12-17-8-9-18-7-3-5-14(18)11-17/h13-14H,2-12H2,1H3,(H,19,20). The molecule has 3 unspecified atom stereocenters. The van der Waals surface area contributed by atoms with Crippen molar-refractivity contribution in [3.05, 3.63) is 0 Å². The molecule has 0 aromatic rings. The molecule has 0 spiro atoms. The van der Waals surface area contributed by atoms with Crippen LogP contribution in [0.2, 0.25) is 0 Å². The van der Waals surface area contributed by atoms with E-state index in [1.807, 2.05) is 0 Å². The number of nitrogens with zero attached hydrogens (tertiary/aromatic N) is 2. The Bertz CT molecular complexity index is 373. The summed E-state index contributed by atoms with van der Waals surface area (Å²) < 4.78 is 0. The lowest BCUT2D eigenvalue weighted by molar-refractivity contribution is -0.154.